The zero-order valence-electron chi connectivity index (χ0n) is 22.8. The van der Waals surface area contributed by atoms with Crippen LogP contribution in [-0.2, 0) is 17.4 Å². The van der Waals surface area contributed by atoms with E-state index < -0.39 is 42.3 Å². The van der Waals surface area contributed by atoms with Crippen molar-refractivity contribution in [3.8, 4) is 11.1 Å². The Morgan fingerprint density at radius 3 is 2.40 bits per heavy atom. The van der Waals surface area contributed by atoms with Crippen molar-refractivity contribution >= 4 is 34.7 Å². The highest BCUT2D eigenvalue weighted by Gasteiger charge is 2.36. The maximum atomic E-state index is 14.0. The summed E-state index contributed by atoms with van der Waals surface area (Å²) in [4.78, 5) is 30.2. The molecule has 7 nitrogen and oxygen atoms in total. The summed E-state index contributed by atoms with van der Waals surface area (Å²) in [6, 6.07) is 13.3. The Labute approximate surface area is 243 Å². The zero-order chi connectivity index (χ0) is 30.8. The number of rotatable bonds is 7. The highest BCUT2D eigenvalue weighted by molar-refractivity contribution is 5.95. The number of nitrogens with two attached hydrogens (primary N) is 1. The molecule has 1 aliphatic rings. The normalized spacial score (nSPS) is 15.2. The molecule has 5 rings (SSSR count). The summed E-state index contributed by atoms with van der Waals surface area (Å²) < 4.78 is 74.5. The molecule has 224 valence electrons. The Bertz CT molecular complexity index is 1650. The Hall–Kier alpha value is -4.74. The summed E-state index contributed by atoms with van der Waals surface area (Å²) in [6.07, 6.45) is -0.989. The lowest BCUT2D eigenvalue weighted by Gasteiger charge is -2.31. The smallest absolute Gasteiger partial charge is 0.420 e. The highest BCUT2D eigenvalue weighted by Crippen LogP contribution is 2.39. The number of furan rings is 1. The number of hydrogen-bond acceptors (Lipinski definition) is 5. The van der Waals surface area contributed by atoms with E-state index in [1.165, 1.54) is 47.5 Å². The van der Waals surface area contributed by atoms with E-state index in [-0.39, 0.29) is 53.9 Å². The maximum absolute atomic E-state index is 14.0. The van der Waals surface area contributed by atoms with Crippen molar-refractivity contribution < 1.29 is 36.0 Å². The number of aromatic nitrogens is 1. The second-order valence-electron chi connectivity index (χ2n) is 10.3. The number of halogens is 5. The average Bonchev–Trinajstić information content (AvgIpc) is 3.38. The molecule has 0 aliphatic carbocycles. The fourth-order valence-electron chi connectivity index (χ4n) is 4.79. The minimum atomic E-state index is -4.70. The molecule has 43 heavy (non-hydrogen) atoms. The summed E-state index contributed by atoms with van der Waals surface area (Å²) in [6.45, 7) is -0.00516. The fraction of sp³-hybridized carbons (Fsp3) is 0.258. The van der Waals surface area contributed by atoms with Crippen LogP contribution in [-0.4, -0.2) is 47.3 Å². The Kier molecular flexibility index (Phi) is 8.21. The van der Waals surface area contributed by atoms with Crippen molar-refractivity contribution in [3.63, 3.8) is 0 Å². The van der Waals surface area contributed by atoms with Crippen LogP contribution < -0.4 is 11.1 Å². The van der Waals surface area contributed by atoms with Gasteiger partial charge in [-0.25, -0.2) is 13.8 Å². The standard InChI is InChI=1S/C31H27F5N4O3/c32-30(33)10-13-40(14-11-30)29(42)21-5-3-20(4-6-21)22-15-23-16-24(43-28(23)25(17-22)31(34,35)36)9-12-38-27(41)8-2-19-1-7-26(37)39-18-19/h1-8,15-18H,9-14H2,(H2,37,39)(H,38,41)/b8-2+. The molecule has 4 aromatic rings. The highest BCUT2D eigenvalue weighted by atomic mass is 19.4. The summed E-state index contributed by atoms with van der Waals surface area (Å²) in [5.74, 6) is -2.98. The van der Waals surface area contributed by atoms with Crippen LogP contribution in [0.15, 0.2) is 71.3 Å². The number of likely N-dealkylation sites (tertiary alicyclic amines) is 1. The van der Waals surface area contributed by atoms with Crippen LogP contribution in [0.2, 0.25) is 0 Å². The molecule has 0 atom stereocenters. The van der Waals surface area contributed by atoms with Crippen molar-refractivity contribution in [1.82, 2.24) is 15.2 Å². The molecular weight excluding hydrogens is 571 g/mol. The molecule has 2 aromatic heterocycles. The summed E-state index contributed by atoms with van der Waals surface area (Å²) in [5, 5.41) is 2.89. The van der Waals surface area contributed by atoms with E-state index in [0.717, 1.165) is 6.07 Å². The largest absolute Gasteiger partial charge is 0.460 e. The monoisotopic (exact) mass is 598 g/mol. The molecule has 2 amide bonds. The van der Waals surface area contributed by atoms with Gasteiger partial charge in [0.15, 0.2) is 0 Å². The molecule has 2 aromatic carbocycles. The molecule has 12 heteroatoms. The second kappa shape index (κ2) is 11.9. The number of nitrogens with one attached hydrogen (secondary N) is 1. The van der Waals surface area contributed by atoms with Crippen LogP contribution in [0.3, 0.4) is 0 Å². The first-order valence-electron chi connectivity index (χ1n) is 13.5. The number of alkyl halides is 5. The third-order valence-corrected chi connectivity index (χ3v) is 7.13. The number of nitrogen functional groups attached to an aromatic ring is 1. The van der Waals surface area contributed by atoms with E-state index in [1.807, 2.05) is 0 Å². The summed E-state index contributed by atoms with van der Waals surface area (Å²) >= 11 is 0. The lowest BCUT2D eigenvalue weighted by Crippen LogP contribution is -2.42. The van der Waals surface area contributed by atoms with E-state index >= 15 is 0 Å². The Morgan fingerprint density at radius 1 is 1.02 bits per heavy atom. The van der Waals surface area contributed by atoms with Crippen molar-refractivity contribution in [2.45, 2.75) is 31.4 Å². The van der Waals surface area contributed by atoms with E-state index in [0.29, 0.717) is 16.9 Å². The number of nitrogens with zero attached hydrogens (tertiary/aromatic N) is 2. The van der Waals surface area contributed by atoms with Crippen LogP contribution in [0.4, 0.5) is 27.8 Å². The van der Waals surface area contributed by atoms with Crippen molar-refractivity contribution in [2.75, 3.05) is 25.4 Å². The van der Waals surface area contributed by atoms with Gasteiger partial charge in [0.2, 0.25) is 5.91 Å². The third kappa shape index (κ3) is 7.19. The van der Waals surface area contributed by atoms with Gasteiger partial charge in [0.1, 0.15) is 17.2 Å². The number of carbonyl (C=O) groups excluding carboxylic acids is 2. The van der Waals surface area contributed by atoms with E-state index in [4.69, 9.17) is 10.2 Å². The minimum Gasteiger partial charge on any atom is -0.460 e. The molecule has 0 saturated carbocycles. The first-order chi connectivity index (χ1) is 20.4. The van der Waals surface area contributed by atoms with Gasteiger partial charge in [-0.05, 0) is 65.2 Å². The van der Waals surface area contributed by atoms with Gasteiger partial charge in [-0.2, -0.15) is 13.2 Å². The quantitative estimate of drug-likeness (QED) is 0.191. The SMILES string of the molecule is Nc1ccc(/C=C/C(=O)NCCc2cc3cc(-c4ccc(C(=O)N5CCC(F)(F)CC5)cc4)cc(C(F)(F)F)c3o2)cn1. The van der Waals surface area contributed by atoms with E-state index in [1.54, 1.807) is 24.3 Å². The van der Waals surface area contributed by atoms with Crippen molar-refractivity contribution in [3.05, 3.63) is 89.3 Å². The molecule has 0 bridgehead atoms. The van der Waals surface area contributed by atoms with Crippen LogP contribution in [0, 0.1) is 0 Å². The van der Waals surface area contributed by atoms with Gasteiger partial charge in [-0.1, -0.05) is 12.1 Å². The molecule has 0 radical (unpaired) electrons. The topological polar surface area (TPSA) is 101 Å². The van der Waals surface area contributed by atoms with Crippen LogP contribution in [0.5, 0.6) is 0 Å². The molecule has 1 aliphatic heterocycles. The van der Waals surface area contributed by atoms with Gasteiger partial charge in [0.05, 0.1) is 5.56 Å². The predicted octanol–water partition coefficient (Wildman–Crippen LogP) is 6.34. The number of fused-ring (bicyclic) bond motifs is 1. The first kappa shape index (κ1) is 29.7. The van der Waals surface area contributed by atoms with Gasteiger partial charge in [0, 0.05) is 62.1 Å². The number of anilines is 1. The van der Waals surface area contributed by atoms with Crippen LogP contribution in [0.1, 0.15) is 40.1 Å². The molecule has 0 unspecified atom stereocenters. The van der Waals surface area contributed by atoms with Gasteiger partial charge in [-0.3, -0.25) is 9.59 Å². The number of hydrogen-bond donors (Lipinski definition) is 2. The van der Waals surface area contributed by atoms with Gasteiger partial charge in [0.25, 0.3) is 11.8 Å². The number of benzene rings is 2. The molecule has 0 spiro atoms. The number of carbonyl (C=O) groups is 2. The third-order valence-electron chi connectivity index (χ3n) is 7.13. The second-order valence-corrected chi connectivity index (χ2v) is 10.3. The van der Waals surface area contributed by atoms with Gasteiger partial charge in [-0.15, -0.1) is 0 Å². The summed E-state index contributed by atoms with van der Waals surface area (Å²) in [5.41, 5.74) is 5.90. The molecule has 1 saturated heterocycles. The minimum absolute atomic E-state index is 0.0657. The molecule has 1 fully saturated rings. The van der Waals surface area contributed by atoms with Crippen molar-refractivity contribution in [1.29, 1.82) is 0 Å². The molecule has 3 N–H and O–H groups in total. The van der Waals surface area contributed by atoms with Crippen LogP contribution >= 0.6 is 0 Å². The Morgan fingerprint density at radius 2 is 1.74 bits per heavy atom. The number of piperidine rings is 1. The predicted molar refractivity (Wildman–Crippen MR) is 151 cm³/mol. The fourth-order valence-corrected chi connectivity index (χ4v) is 4.79. The van der Waals surface area contributed by atoms with Crippen molar-refractivity contribution in [2.24, 2.45) is 0 Å². The molecular formula is C31H27F5N4O3. The summed E-state index contributed by atoms with van der Waals surface area (Å²) in [7, 11) is 0. The number of amides is 2. The average molecular weight is 599 g/mol. The lowest BCUT2D eigenvalue weighted by atomic mass is 9.98. The number of pyridine rings is 1. The van der Waals surface area contributed by atoms with Crippen LogP contribution in [0.25, 0.3) is 28.2 Å². The zero-order valence-corrected chi connectivity index (χ0v) is 22.8. The molecule has 3 heterocycles. The maximum Gasteiger partial charge on any atom is 0.420 e. The lowest BCUT2D eigenvalue weighted by molar-refractivity contribution is -0.136. The Balaban J connectivity index is 1.29. The van der Waals surface area contributed by atoms with E-state index in [9.17, 15) is 31.5 Å². The van der Waals surface area contributed by atoms with E-state index in [2.05, 4.69) is 10.3 Å². The van der Waals surface area contributed by atoms with Gasteiger partial charge < -0.3 is 20.4 Å². The van der Waals surface area contributed by atoms with Gasteiger partial charge >= 0.3 is 6.18 Å². The first-order valence-corrected chi connectivity index (χ1v) is 13.5.